The van der Waals surface area contributed by atoms with Crippen LogP contribution in [0.4, 0.5) is 0 Å². The molecule has 4 nitrogen and oxygen atoms in total. The number of hydrogen-bond donors (Lipinski definition) is 0. The maximum absolute atomic E-state index is 11.5. The minimum atomic E-state index is -0.392. The molecule has 0 aromatic heterocycles. The van der Waals surface area contributed by atoms with Crippen molar-refractivity contribution in [1.29, 1.82) is 0 Å². The molecule has 0 saturated carbocycles. The first-order valence-electron chi connectivity index (χ1n) is 7.01. The van der Waals surface area contributed by atoms with Crippen LogP contribution in [0.1, 0.15) is 37.0 Å². The van der Waals surface area contributed by atoms with Crippen LogP contribution in [0.15, 0.2) is 18.2 Å². The lowest BCUT2D eigenvalue weighted by molar-refractivity contribution is 0.0600. The molecule has 0 atom stereocenters. The summed E-state index contributed by atoms with van der Waals surface area (Å²) < 4.78 is 15.9. The van der Waals surface area contributed by atoms with Crippen LogP contribution in [0.3, 0.4) is 0 Å². The van der Waals surface area contributed by atoms with E-state index in [2.05, 4.69) is 29.8 Å². The van der Waals surface area contributed by atoms with Crippen LogP contribution in [-0.4, -0.2) is 32.1 Å². The van der Waals surface area contributed by atoms with Crippen LogP contribution in [0.5, 0.6) is 11.5 Å². The van der Waals surface area contributed by atoms with Gasteiger partial charge in [0.1, 0.15) is 0 Å². The molecule has 0 saturated heterocycles. The van der Waals surface area contributed by atoms with E-state index in [0.29, 0.717) is 23.7 Å². The summed E-state index contributed by atoms with van der Waals surface area (Å²) in [5.41, 5.74) is 0.547. The van der Waals surface area contributed by atoms with Gasteiger partial charge in [0, 0.05) is 10.7 Å². The van der Waals surface area contributed by atoms with Crippen molar-refractivity contribution in [3.63, 3.8) is 0 Å². The molecule has 5 heteroatoms. The van der Waals surface area contributed by atoms with Gasteiger partial charge >= 0.3 is 5.97 Å². The van der Waals surface area contributed by atoms with Crippen molar-refractivity contribution in [3.05, 3.63) is 23.8 Å². The Bertz CT molecular complexity index is 461. The zero-order chi connectivity index (χ0) is 15.9. The van der Waals surface area contributed by atoms with Gasteiger partial charge in [-0.15, -0.1) is 0 Å². The van der Waals surface area contributed by atoms with E-state index in [4.69, 9.17) is 14.2 Å². The quantitative estimate of drug-likeness (QED) is 0.519. The Balaban J connectivity index is 2.91. The van der Waals surface area contributed by atoms with Gasteiger partial charge in [-0.25, -0.2) is 4.79 Å². The highest BCUT2D eigenvalue weighted by Crippen LogP contribution is 2.33. The fraction of sp³-hybridized carbons (Fsp3) is 0.562. The second-order valence-corrected chi connectivity index (χ2v) is 5.55. The van der Waals surface area contributed by atoms with Crippen LogP contribution in [-0.2, 0) is 4.74 Å². The van der Waals surface area contributed by atoms with Crippen molar-refractivity contribution >= 4 is 21.9 Å². The van der Waals surface area contributed by atoms with E-state index in [1.807, 2.05) is 0 Å². The summed E-state index contributed by atoms with van der Waals surface area (Å²) in [6, 6.07) is 5.06. The molecule has 0 spiro atoms. The Kier molecular flexibility index (Phi) is 7.02. The van der Waals surface area contributed by atoms with Crippen molar-refractivity contribution < 1.29 is 19.0 Å². The molecule has 1 aromatic rings. The second-order valence-electron chi connectivity index (χ2n) is 4.99. The third-order valence-electron chi connectivity index (χ3n) is 3.90. The molecule has 0 heterocycles. The first-order valence-corrected chi connectivity index (χ1v) is 8.13. The smallest absolute Gasteiger partial charge is 0.337 e. The fourth-order valence-electron chi connectivity index (χ4n) is 1.94. The van der Waals surface area contributed by atoms with Gasteiger partial charge in [-0.3, -0.25) is 0 Å². The molecule has 118 valence electrons. The van der Waals surface area contributed by atoms with Crippen LogP contribution in [0.25, 0.3) is 0 Å². The van der Waals surface area contributed by atoms with Gasteiger partial charge in [-0.2, -0.15) is 0 Å². The molecule has 1 aromatic carbocycles. The third-order valence-corrected chi connectivity index (χ3v) is 5.09. The number of rotatable bonds is 8. The van der Waals surface area contributed by atoms with Gasteiger partial charge in [-0.1, -0.05) is 29.8 Å². The third kappa shape index (κ3) is 4.37. The summed E-state index contributed by atoms with van der Waals surface area (Å²) in [7, 11) is 2.91. The Hall–Kier alpha value is -1.23. The predicted octanol–water partition coefficient (Wildman–Crippen LogP) is 4.06. The number of carbonyl (C=O) groups is 1. The zero-order valence-electron chi connectivity index (χ0n) is 13.1. The molecular weight excluding hydrogens is 336 g/mol. The van der Waals surface area contributed by atoms with E-state index >= 15 is 0 Å². The van der Waals surface area contributed by atoms with Crippen LogP contribution in [0, 0.1) is 5.41 Å². The zero-order valence-corrected chi connectivity index (χ0v) is 14.7. The Morgan fingerprint density at radius 2 is 1.86 bits per heavy atom. The number of hydrogen-bond acceptors (Lipinski definition) is 4. The van der Waals surface area contributed by atoms with Gasteiger partial charge in [0.2, 0.25) is 0 Å². The van der Waals surface area contributed by atoms with Crippen molar-refractivity contribution in [2.75, 3.05) is 26.2 Å². The molecule has 0 radical (unpaired) electrons. The maximum Gasteiger partial charge on any atom is 0.337 e. The summed E-state index contributed by atoms with van der Waals surface area (Å²) >= 11 is 3.57. The number of benzene rings is 1. The lowest BCUT2D eigenvalue weighted by Crippen LogP contribution is -2.29. The van der Waals surface area contributed by atoms with Gasteiger partial charge in [0.25, 0.3) is 0 Å². The van der Waals surface area contributed by atoms with E-state index in [-0.39, 0.29) is 5.41 Å². The number of ether oxygens (including phenoxy) is 3. The standard InChI is InChI=1S/C16H23BrO4/c1-5-16(6-2,10-17)11-21-13-8-7-12(15(18)20-4)9-14(13)19-3/h7-9H,5-6,10-11H2,1-4H3. The van der Waals surface area contributed by atoms with E-state index in [1.54, 1.807) is 25.3 Å². The summed E-state index contributed by atoms with van der Waals surface area (Å²) in [6.45, 7) is 4.91. The molecule has 21 heavy (non-hydrogen) atoms. The summed E-state index contributed by atoms with van der Waals surface area (Å²) in [5, 5.41) is 0.884. The lowest BCUT2D eigenvalue weighted by atomic mass is 9.86. The van der Waals surface area contributed by atoms with Crippen LogP contribution in [0.2, 0.25) is 0 Å². The van der Waals surface area contributed by atoms with E-state index in [0.717, 1.165) is 18.2 Å². The number of esters is 1. The Labute approximate surface area is 134 Å². The van der Waals surface area contributed by atoms with Crippen molar-refractivity contribution in [3.8, 4) is 11.5 Å². The molecule has 0 bridgehead atoms. The summed E-state index contributed by atoms with van der Waals surface area (Å²) in [6.07, 6.45) is 2.05. The van der Waals surface area contributed by atoms with Gasteiger partial charge < -0.3 is 14.2 Å². The van der Waals surface area contributed by atoms with E-state index in [9.17, 15) is 4.79 Å². The summed E-state index contributed by atoms with van der Waals surface area (Å²) in [5.74, 6) is 0.780. The number of methoxy groups -OCH3 is 2. The van der Waals surface area contributed by atoms with Crippen LogP contribution >= 0.6 is 15.9 Å². The van der Waals surface area contributed by atoms with Crippen molar-refractivity contribution in [1.82, 2.24) is 0 Å². The second kappa shape index (κ2) is 8.27. The minimum absolute atomic E-state index is 0.103. The van der Waals surface area contributed by atoms with Crippen LogP contribution < -0.4 is 9.47 Å². The molecule has 0 aliphatic rings. The fourth-order valence-corrected chi connectivity index (χ4v) is 2.90. The van der Waals surface area contributed by atoms with Crippen molar-refractivity contribution in [2.45, 2.75) is 26.7 Å². The number of carbonyl (C=O) groups excluding carboxylic acids is 1. The lowest BCUT2D eigenvalue weighted by Gasteiger charge is -2.29. The van der Waals surface area contributed by atoms with E-state index in [1.165, 1.54) is 7.11 Å². The normalized spacial score (nSPS) is 11.1. The van der Waals surface area contributed by atoms with E-state index < -0.39 is 5.97 Å². The average Bonchev–Trinajstić information content (AvgIpc) is 2.55. The first-order chi connectivity index (χ1) is 10.1. The first kappa shape index (κ1) is 17.8. The Morgan fingerprint density at radius 3 is 2.33 bits per heavy atom. The monoisotopic (exact) mass is 358 g/mol. The topological polar surface area (TPSA) is 44.8 Å². The highest BCUT2D eigenvalue weighted by atomic mass is 79.9. The predicted molar refractivity (Wildman–Crippen MR) is 86.6 cm³/mol. The SMILES string of the molecule is CCC(CC)(CBr)COc1ccc(C(=O)OC)cc1OC. The average molecular weight is 359 g/mol. The number of halogens is 1. The molecule has 0 N–H and O–H groups in total. The minimum Gasteiger partial charge on any atom is -0.493 e. The molecule has 0 aliphatic carbocycles. The molecule has 0 amide bonds. The molecular formula is C16H23BrO4. The molecule has 0 aliphatic heterocycles. The number of alkyl halides is 1. The highest BCUT2D eigenvalue weighted by molar-refractivity contribution is 9.09. The largest absolute Gasteiger partial charge is 0.493 e. The van der Waals surface area contributed by atoms with Gasteiger partial charge in [0.15, 0.2) is 11.5 Å². The highest BCUT2D eigenvalue weighted by Gasteiger charge is 2.26. The Morgan fingerprint density at radius 1 is 1.19 bits per heavy atom. The molecule has 1 rings (SSSR count). The molecule has 0 unspecified atom stereocenters. The maximum atomic E-state index is 11.5. The summed E-state index contributed by atoms with van der Waals surface area (Å²) in [4.78, 5) is 11.5. The van der Waals surface area contributed by atoms with Gasteiger partial charge in [0.05, 0.1) is 26.4 Å². The molecule has 0 fully saturated rings. The van der Waals surface area contributed by atoms with Crippen molar-refractivity contribution in [2.24, 2.45) is 5.41 Å². The van der Waals surface area contributed by atoms with Gasteiger partial charge in [-0.05, 0) is 31.0 Å².